The second-order valence-corrected chi connectivity index (χ2v) is 3.38. The number of ether oxygens (including phenoxy) is 1. The van der Waals surface area contributed by atoms with Crippen LogP contribution < -0.4 is 0 Å². The van der Waals surface area contributed by atoms with Crippen LogP contribution in [0.25, 0.3) is 0 Å². The molecular weight excluding hydrogens is 202 g/mol. The second kappa shape index (κ2) is 4.87. The largest absolute Gasteiger partial charge is 0.469 e. The molecule has 0 fully saturated rings. The predicted octanol–water partition coefficient (Wildman–Crippen LogP) is 2.63. The number of hydrogen-bond donors (Lipinski definition) is 0. The van der Waals surface area contributed by atoms with Gasteiger partial charge in [-0.25, -0.2) is 8.78 Å². The minimum atomic E-state index is -0.637. The number of methoxy groups -OCH3 is 1. The summed E-state index contributed by atoms with van der Waals surface area (Å²) < 4.78 is 30.2. The molecule has 4 heteroatoms. The molecule has 0 aliphatic rings. The normalized spacial score (nSPS) is 12.3. The monoisotopic (exact) mass is 214 g/mol. The lowest BCUT2D eigenvalue weighted by Gasteiger charge is -2.10. The van der Waals surface area contributed by atoms with Crippen LogP contribution in [0.4, 0.5) is 8.78 Å². The van der Waals surface area contributed by atoms with E-state index < -0.39 is 17.6 Å². The first-order valence-electron chi connectivity index (χ1n) is 4.55. The third kappa shape index (κ3) is 3.31. The van der Waals surface area contributed by atoms with Crippen LogP contribution in [0.2, 0.25) is 0 Å². The van der Waals surface area contributed by atoms with Gasteiger partial charge in [-0.1, -0.05) is 6.92 Å². The molecule has 1 aromatic rings. The molecule has 0 aliphatic heterocycles. The van der Waals surface area contributed by atoms with Crippen LogP contribution in [0.1, 0.15) is 24.8 Å². The van der Waals surface area contributed by atoms with Gasteiger partial charge in [-0.3, -0.25) is 4.79 Å². The zero-order valence-electron chi connectivity index (χ0n) is 8.59. The first-order chi connectivity index (χ1) is 7.02. The van der Waals surface area contributed by atoms with E-state index in [-0.39, 0.29) is 12.3 Å². The molecule has 15 heavy (non-hydrogen) atoms. The van der Waals surface area contributed by atoms with E-state index in [1.54, 1.807) is 6.92 Å². The van der Waals surface area contributed by atoms with Gasteiger partial charge in [0.1, 0.15) is 11.6 Å². The Kier molecular flexibility index (Phi) is 3.77. The maximum atomic E-state index is 12.9. The number of benzene rings is 1. The van der Waals surface area contributed by atoms with Gasteiger partial charge in [0.15, 0.2) is 0 Å². The van der Waals surface area contributed by atoms with Crippen LogP contribution in [0.3, 0.4) is 0 Å². The first-order valence-corrected chi connectivity index (χ1v) is 4.55. The molecule has 1 rings (SSSR count). The molecule has 0 spiro atoms. The Morgan fingerprint density at radius 3 is 2.33 bits per heavy atom. The topological polar surface area (TPSA) is 26.3 Å². The molecule has 2 nitrogen and oxygen atoms in total. The van der Waals surface area contributed by atoms with E-state index in [9.17, 15) is 13.6 Å². The van der Waals surface area contributed by atoms with Gasteiger partial charge in [0, 0.05) is 6.07 Å². The number of rotatable bonds is 3. The quantitative estimate of drug-likeness (QED) is 0.723. The van der Waals surface area contributed by atoms with E-state index in [0.29, 0.717) is 5.56 Å². The van der Waals surface area contributed by atoms with Crippen molar-refractivity contribution < 1.29 is 18.3 Å². The lowest BCUT2D eigenvalue weighted by molar-refractivity contribution is -0.140. The minimum Gasteiger partial charge on any atom is -0.469 e. The van der Waals surface area contributed by atoms with Crippen molar-refractivity contribution in [3.05, 3.63) is 35.4 Å². The van der Waals surface area contributed by atoms with Crippen LogP contribution in [-0.4, -0.2) is 13.1 Å². The summed E-state index contributed by atoms with van der Waals surface area (Å²) in [4.78, 5) is 11.0. The molecule has 0 bridgehead atoms. The van der Waals surface area contributed by atoms with E-state index in [1.807, 2.05) is 0 Å². The van der Waals surface area contributed by atoms with E-state index in [1.165, 1.54) is 19.2 Å². The minimum absolute atomic E-state index is 0.111. The Labute approximate surface area is 86.9 Å². The molecule has 0 aliphatic carbocycles. The van der Waals surface area contributed by atoms with Crippen LogP contribution in [0, 0.1) is 11.6 Å². The second-order valence-electron chi connectivity index (χ2n) is 3.38. The highest BCUT2D eigenvalue weighted by Gasteiger charge is 2.13. The zero-order valence-corrected chi connectivity index (χ0v) is 8.59. The highest BCUT2D eigenvalue weighted by atomic mass is 19.1. The summed E-state index contributed by atoms with van der Waals surface area (Å²) in [5.41, 5.74) is 0.456. The van der Waals surface area contributed by atoms with Crippen molar-refractivity contribution in [1.29, 1.82) is 0 Å². The van der Waals surface area contributed by atoms with Crippen LogP contribution >= 0.6 is 0 Å². The summed E-state index contributed by atoms with van der Waals surface area (Å²) >= 11 is 0. The van der Waals surface area contributed by atoms with E-state index >= 15 is 0 Å². The molecule has 0 N–H and O–H groups in total. The highest BCUT2D eigenvalue weighted by molar-refractivity contribution is 5.70. The van der Waals surface area contributed by atoms with Crippen molar-refractivity contribution in [2.75, 3.05) is 7.11 Å². The summed E-state index contributed by atoms with van der Waals surface area (Å²) in [5.74, 6) is -1.93. The number of carbonyl (C=O) groups excluding carboxylic acids is 1. The van der Waals surface area contributed by atoms with Crippen molar-refractivity contribution in [2.24, 2.45) is 0 Å². The summed E-state index contributed by atoms with van der Waals surface area (Å²) in [5, 5.41) is 0. The third-order valence-electron chi connectivity index (χ3n) is 2.15. The maximum absolute atomic E-state index is 12.9. The molecule has 1 aromatic carbocycles. The Bertz CT molecular complexity index is 343. The molecule has 82 valence electrons. The summed E-state index contributed by atoms with van der Waals surface area (Å²) in [6, 6.07) is 3.24. The van der Waals surface area contributed by atoms with E-state index in [0.717, 1.165) is 6.07 Å². The summed E-state index contributed by atoms with van der Waals surface area (Å²) in [6.07, 6.45) is 0.111. The number of halogens is 2. The van der Waals surface area contributed by atoms with Crippen molar-refractivity contribution in [1.82, 2.24) is 0 Å². The standard InChI is InChI=1S/C11H12F2O2/c1-7(3-11(14)15-2)8-4-9(12)6-10(13)5-8/h4-7H,3H2,1-2H3. The van der Waals surface area contributed by atoms with Gasteiger partial charge in [-0.15, -0.1) is 0 Å². The first kappa shape index (κ1) is 11.6. The maximum Gasteiger partial charge on any atom is 0.306 e. The van der Waals surface area contributed by atoms with Gasteiger partial charge >= 0.3 is 5.97 Å². The smallest absolute Gasteiger partial charge is 0.306 e. The van der Waals surface area contributed by atoms with Gasteiger partial charge < -0.3 is 4.74 Å². The Balaban J connectivity index is 2.81. The molecule has 0 radical (unpaired) electrons. The van der Waals surface area contributed by atoms with Crippen molar-refractivity contribution >= 4 is 5.97 Å². The molecule has 1 atom stereocenters. The molecule has 1 unspecified atom stereocenters. The van der Waals surface area contributed by atoms with Gasteiger partial charge in [-0.2, -0.15) is 0 Å². The SMILES string of the molecule is COC(=O)CC(C)c1cc(F)cc(F)c1. The third-order valence-corrected chi connectivity index (χ3v) is 2.15. The Morgan fingerprint density at radius 1 is 1.33 bits per heavy atom. The molecule has 0 heterocycles. The predicted molar refractivity (Wildman–Crippen MR) is 51.4 cm³/mol. The lowest BCUT2D eigenvalue weighted by Crippen LogP contribution is -2.06. The van der Waals surface area contributed by atoms with Crippen molar-refractivity contribution in [3.8, 4) is 0 Å². The summed E-state index contributed by atoms with van der Waals surface area (Å²) in [7, 11) is 1.28. The molecular formula is C11H12F2O2. The fourth-order valence-corrected chi connectivity index (χ4v) is 1.31. The van der Waals surface area contributed by atoms with Crippen LogP contribution in [-0.2, 0) is 9.53 Å². The Morgan fingerprint density at radius 2 is 1.87 bits per heavy atom. The molecule has 0 amide bonds. The van der Waals surface area contributed by atoms with E-state index in [4.69, 9.17) is 0 Å². The fraction of sp³-hybridized carbons (Fsp3) is 0.364. The van der Waals surface area contributed by atoms with Gasteiger partial charge in [0.2, 0.25) is 0 Å². The number of hydrogen-bond acceptors (Lipinski definition) is 2. The summed E-state index contributed by atoms with van der Waals surface area (Å²) in [6.45, 7) is 1.71. The van der Waals surface area contributed by atoms with Gasteiger partial charge in [0.05, 0.1) is 13.5 Å². The number of carbonyl (C=O) groups is 1. The van der Waals surface area contributed by atoms with Gasteiger partial charge in [0.25, 0.3) is 0 Å². The van der Waals surface area contributed by atoms with Crippen LogP contribution in [0.5, 0.6) is 0 Å². The van der Waals surface area contributed by atoms with Crippen molar-refractivity contribution in [2.45, 2.75) is 19.3 Å². The van der Waals surface area contributed by atoms with E-state index in [2.05, 4.69) is 4.74 Å². The average Bonchev–Trinajstić information content (AvgIpc) is 2.16. The van der Waals surface area contributed by atoms with Crippen molar-refractivity contribution in [3.63, 3.8) is 0 Å². The highest BCUT2D eigenvalue weighted by Crippen LogP contribution is 2.21. The lowest BCUT2D eigenvalue weighted by atomic mass is 9.98. The molecule has 0 aromatic heterocycles. The Hall–Kier alpha value is -1.45. The zero-order chi connectivity index (χ0) is 11.4. The molecule has 0 saturated heterocycles. The van der Waals surface area contributed by atoms with Crippen LogP contribution in [0.15, 0.2) is 18.2 Å². The van der Waals surface area contributed by atoms with Gasteiger partial charge in [-0.05, 0) is 23.6 Å². The molecule has 0 saturated carbocycles. The average molecular weight is 214 g/mol. The number of esters is 1. The fourth-order valence-electron chi connectivity index (χ4n) is 1.31.